The minimum absolute atomic E-state index is 0. The van der Waals surface area contributed by atoms with E-state index in [1.807, 2.05) is 6.92 Å². The average molecular weight is 803 g/mol. The summed E-state index contributed by atoms with van der Waals surface area (Å²) in [6.45, 7) is -4.61. The molecule has 253 valence electrons. The molecule has 0 aromatic heterocycles. The Morgan fingerprint density at radius 1 is 0.778 bits per heavy atom. The number of ether oxygens (including phenoxy) is 2. The van der Waals surface area contributed by atoms with Gasteiger partial charge in [0.15, 0.2) is 0 Å². The molecule has 1 unspecified atom stereocenters. The second-order valence-corrected chi connectivity index (χ2v) is 10.8. The van der Waals surface area contributed by atoms with Gasteiger partial charge >= 0.3 is 39.9 Å². The summed E-state index contributed by atoms with van der Waals surface area (Å²) < 4.78 is 46.8. The van der Waals surface area contributed by atoms with Gasteiger partial charge in [-0.3, -0.25) is 14.7 Å². The van der Waals surface area contributed by atoms with E-state index in [2.05, 4.69) is 0 Å². The number of nitrogens with zero attached hydrogens (tertiary/aromatic N) is 3. The van der Waals surface area contributed by atoms with Crippen LogP contribution in [-0.4, -0.2) is 129 Å². The Morgan fingerprint density at radius 2 is 1.27 bits per heavy atom. The maximum atomic E-state index is 12.0. The second-order valence-electron chi connectivity index (χ2n) is 9.44. The van der Waals surface area contributed by atoms with E-state index in [4.69, 9.17) is 9.47 Å². The van der Waals surface area contributed by atoms with E-state index in [-0.39, 0.29) is 65.4 Å². The predicted molar refractivity (Wildman–Crippen MR) is 134 cm³/mol. The van der Waals surface area contributed by atoms with Crippen molar-refractivity contribution in [2.75, 3.05) is 65.6 Å². The number of carbonyl (C=O) groups excluding carboxylic acids is 5. The summed E-state index contributed by atoms with van der Waals surface area (Å²) in [7, 11) is -5.15. The summed E-state index contributed by atoms with van der Waals surface area (Å²) in [5.74, 6) is -8.95. The van der Waals surface area contributed by atoms with Crippen LogP contribution in [-0.2, 0) is 34.1 Å². The van der Waals surface area contributed by atoms with Crippen LogP contribution in [0.25, 0.3) is 0 Å². The molecule has 0 saturated carbocycles. The molecule has 20 heteroatoms. The van der Waals surface area contributed by atoms with Crippen molar-refractivity contribution in [3.63, 3.8) is 0 Å². The predicted octanol–water partition coefficient (Wildman–Crippen LogP) is -7.83. The fraction of sp³-hybridized carbons (Fsp3) is 0.560. The van der Waals surface area contributed by atoms with Crippen molar-refractivity contribution in [2.45, 2.75) is 30.7 Å². The third kappa shape index (κ3) is 18.1. The minimum Gasteiger partial charge on any atom is -0.744 e. The fourth-order valence-electron chi connectivity index (χ4n) is 3.91. The van der Waals surface area contributed by atoms with Gasteiger partial charge in [0, 0.05) is 58.4 Å². The summed E-state index contributed by atoms with van der Waals surface area (Å²) in [5.41, 5.74) is 0. The molecule has 0 N–H and O–H groups in total. The zero-order chi connectivity index (χ0) is 33.4. The quantitative estimate of drug-likeness (QED) is 0.0693. The van der Waals surface area contributed by atoms with Gasteiger partial charge in [-0.2, -0.15) is 0 Å². The van der Waals surface area contributed by atoms with Crippen molar-refractivity contribution >= 4 is 40.0 Å². The van der Waals surface area contributed by atoms with Crippen molar-refractivity contribution in [1.29, 1.82) is 0 Å². The van der Waals surface area contributed by atoms with E-state index in [1.165, 1.54) is 6.07 Å². The van der Waals surface area contributed by atoms with Crippen LogP contribution in [0.15, 0.2) is 23.1 Å². The molecule has 0 bridgehead atoms. The first kappa shape index (κ1) is 42.3. The Kier molecular flexibility index (Phi) is 19.9. The van der Waals surface area contributed by atoms with Gasteiger partial charge in [0.1, 0.15) is 28.2 Å². The van der Waals surface area contributed by atoms with Gasteiger partial charge in [-0.1, -0.05) is 13.3 Å². The van der Waals surface area contributed by atoms with Gasteiger partial charge in [0.2, 0.25) is 0 Å². The summed E-state index contributed by atoms with van der Waals surface area (Å²) in [6, 6.07) is 1.92. The Balaban J connectivity index is 0.0000194. The fourth-order valence-corrected chi connectivity index (χ4v) is 4.54. The summed E-state index contributed by atoms with van der Waals surface area (Å²) in [6.07, 6.45) is 1.40. The largest absolute Gasteiger partial charge is 3.00 e. The number of rotatable bonds is 24. The molecule has 1 atom stereocenters. The van der Waals surface area contributed by atoms with E-state index >= 15 is 0 Å². The molecule has 1 aromatic carbocycles. The zero-order valence-corrected chi connectivity index (χ0v) is 27.1. The van der Waals surface area contributed by atoms with Gasteiger partial charge in [0.25, 0.3) is 0 Å². The third-order valence-corrected chi connectivity index (χ3v) is 6.68. The topological polar surface area (TPSA) is 286 Å². The molecular weight excluding hydrogens is 772 g/mol. The van der Waals surface area contributed by atoms with Crippen LogP contribution in [0.5, 0.6) is 11.5 Å². The smallest absolute Gasteiger partial charge is 0.744 e. The van der Waals surface area contributed by atoms with Crippen molar-refractivity contribution in [2.24, 2.45) is 0 Å². The van der Waals surface area contributed by atoms with E-state index < -0.39 is 103 Å². The van der Waals surface area contributed by atoms with Gasteiger partial charge in [-0.15, -0.1) is 0 Å². The average Bonchev–Trinajstić information content (AvgIpc) is 2.87. The Bertz CT molecular complexity index is 1230. The van der Waals surface area contributed by atoms with Crippen LogP contribution in [0.1, 0.15) is 19.8 Å². The molecule has 0 spiro atoms. The molecule has 0 saturated heterocycles. The standard InChI is InChI=1S/C25H37N3O15S.Gd/c1-2-3-8-42-18-4-5-19(20(9-18)44(39,40)41)43-16-17(28(14-24(35)36)15-25(37)38)10-26(11-21(29)30)6-7-27(12-22(31)32)13-23(33)34;/h4-5,9,17H,2-3,6-8,10-16H2,1H3,(H,29,30)(H,31,32)(H,33,34)(H,35,36)(H,37,38)(H,39,40,41);/q;+3/p-6. The normalized spacial score (nSPS) is 12.0. The number of aliphatic carboxylic acids is 5. The van der Waals surface area contributed by atoms with Gasteiger partial charge in [0.05, 0.1) is 47.4 Å². The first-order valence-electron chi connectivity index (χ1n) is 13.0. The van der Waals surface area contributed by atoms with Gasteiger partial charge in [-0.25, -0.2) is 8.42 Å². The molecule has 45 heavy (non-hydrogen) atoms. The number of carboxylic acid groups (broad SMARTS) is 5. The van der Waals surface area contributed by atoms with Crippen LogP contribution in [0.3, 0.4) is 0 Å². The van der Waals surface area contributed by atoms with E-state index in [0.717, 1.165) is 33.3 Å². The maximum Gasteiger partial charge on any atom is 3.00 e. The molecule has 0 aliphatic carbocycles. The van der Waals surface area contributed by atoms with E-state index in [1.54, 1.807) is 0 Å². The Morgan fingerprint density at radius 3 is 1.73 bits per heavy atom. The maximum absolute atomic E-state index is 12.0. The van der Waals surface area contributed by atoms with Crippen molar-refractivity contribution in [3.8, 4) is 11.5 Å². The Hall–Kier alpha value is -2.72. The summed E-state index contributed by atoms with van der Waals surface area (Å²) in [4.78, 5) is 58.0. The molecule has 18 nitrogen and oxygen atoms in total. The Labute approximate surface area is 290 Å². The molecule has 1 radical (unpaired) electrons. The molecule has 1 rings (SSSR count). The molecule has 0 heterocycles. The van der Waals surface area contributed by atoms with Gasteiger partial charge < -0.3 is 63.5 Å². The molecule has 1 aromatic rings. The molecule has 0 aliphatic heterocycles. The molecule has 0 fully saturated rings. The number of benzene rings is 1. The van der Waals surface area contributed by atoms with Crippen molar-refractivity contribution in [3.05, 3.63) is 18.2 Å². The second kappa shape index (κ2) is 21.1. The third-order valence-electron chi connectivity index (χ3n) is 5.82. The number of unbranched alkanes of at least 4 members (excludes halogenated alkanes) is 1. The minimum atomic E-state index is -5.15. The van der Waals surface area contributed by atoms with E-state index in [9.17, 15) is 62.5 Å². The first-order valence-corrected chi connectivity index (χ1v) is 14.5. The van der Waals surface area contributed by atoms with E-state index in [0.29, 0.717) is 6.42 Å². The van der Waals surface area contributed by atoms with Crippen LogP contribution >= 0.6 is 0 Å². The molecular formula is C25H31GdN3O15S-3. The van der Waals surface area contributed by atoms with Crippen molar-refractivity contribution < 1.29 is 112 Å². The SMILES string of the molecule is CCCCOc1ccc(OCC(CN(CCN(CC(=O)[O-])CC(=O)[O-])CC(=O)[O-])N(CC(=O)[O-])CC(=O)[O-])c(S(=O)(=O)[O-])c1.[Gd+3]. The monoisotopic (exact) mass is 803 g/mol. The van der Waals surface area contributed by atoms with Crippen LogP contribution in [0, 0.1) is 39.9 Å². The number of carbonyl (C=O) groups is 5. The molecule has 0 amide bonds. The van der Waals surface area contributed by atoms with Crippen molar-refractivity contribution in [1.82, 2.24) is 14.7 Å². The van der Waals surface area contributed by atoms with Crippen LogP contribution < -0.4 is 35.0 Å². The zero-order valence-electron chi connectivity index (χ0n) is 24.0. The summed E-state index contributed by atoms with van der Waals surface area (Å²) >= 11 is 0. The molecule has 0 aliphatic rings. The summed E-state index contributed by atoms with van der Waals surface area (Å²) in [5, 5.41) is 56.2. The number of hydrogen-bond acceptors (Lipinski definition) is 18. The first-order chi connectivity index (χ1) is 20.5. The number of carboxylic acids is 5. The number of hydrogen-bond donors (Lipinski definition) is 0. The van der Waals surface area contributed by atoms with Crippen LogP contribution in [0.4, 0.5) is 0 Å². The van der Waals surface area contributed by atoms with Gasteiger partial charge in [-0.05, 0) is 18.6 Å². The van der Waals surface area contributed by atoms with Crippen LogP contribution in [0.2, 0.25) is 0 Å².